The highest BCUT2D eigenvalue weighted by Gasteiger charge is 2.02. The summed E-state index contributed by atoms with van der Waals surface area (Å²) in [6.07, 6.45) is 0. The lowest BCUT2D eigenvalue weighted by molar-refractivity contribution is 1.46. The van der Waals surface area contributed by atoms with Gasteiger partial charge in [0.1, 0.15) is 0 Å². The number of hydrogen-bond acceptors (Lipinski definition) is 0. The van der Waals surface area contributed by atoms with Gasteiger partial charge >= 0.3 is 0 Å². The van der Waals surface area contributed by atoms with Gasteiger partial charge < -0.3 is 0 Å². The second-order valence-electron chi connectivity index (χ2n) is 4.33. The molecule has 0 aliphatic rings. The molecule has 0 fully saturated rings. The van der Waals surface area contributed by atoms with Gasteiger partial charge in [0, 0.05) is 4.11 Å². The highest BCUT2D eigenvalue weighted by molar-refractivity contribution is 5.74. The van der Waals surface area contributed by atoms with Crippen LogP contribution < -0.4 is 0 Å². The van der Waals surface area contributed by atoms with E-state index in [-0.39, 0.29) is 17.6 Å². The molecule has 0 amide bonds. The Kier molecular flexibility index (Phi) is 1.96. The summed E-state index contributed by atoms with van der Waals surface area (Å²) in [6.45, 7) is -2.51. The van der Waals surface area contributed by atoms with Gasteiger partial charge in [0.15, 0.2) is 0 Å². The lowest BCUT2D eigenvalue weighted by atomic mass is 9.97. The van der Waals surface area contributed by atoms with Crippen LogP contribution in [0.1, 0.15) is 12.4 Å². The van der Waals surface area contributed by atoms with E-state index in [0.29, 0.717) is 11.1 Å². The van der Waals surface area contributed by atoms with Crippen LogP contribution in [0.5, 0.6) is 0 Å². The molecule has 0 unspecified atom stereocenters. The maximum atomic E-state index is 8.36. The normalized spacial score (nSPS) is 14.8. The van der Waals surface area contributed by atoms with Crippen molar-refractivity contribution in [1.82, 2.24) is 0 Å². The molecule has 19 heavy (non-hydrogen) atoms. The Morgan fingerprint density at radius 3 is 1.58 bits per heavy atom. The molecule has 3 rings (SSSR count). The second kappa shape index (κ2) is 5.11. The summed E-state index contributed by atoms with van der Waals surface area (Å²) in [4.78, 5) is 0. The smallest absolute Gasteiger partial charge is 0.0622 e. The highest BCUT2D eigenvalue weighted by atomic mass is 14.1. The zero-order chi connectivity index (χ0) is 17.3. The Morgan fingerprint density at radius 1 is 0.684 bits per heavy atom. The van der Waals surface area contributed by atoms with Crippen LogP contribution in [-0.2, 0) is 0 Å². The van der Waals surface area contributed by atoms with Crippen molar-refractivity contribution < 1.29 is 6.85 Å². The largest absolute Gasteiger partial charge is 0.0632 e. The van der Waals surface area contributed by atoms with Crippen molar-refractivity contribution in [2.45, 2.75) is 6.85 Å². The predicted molar refractivity (Wildman–Crippen MR) is 82.1 cm³/mol. The van der Waals surface area contributed by atoms with E-state index in [1.54, 1.807) is 6.07 Å². The van der Waals surface area contributed by atoms with Gasteiger partial charge in [-0.15, -0.1) is 0 Å². The molecule has 0 nitrogen and oxygen atoms in total. The molecule has 3 aromatic rings. The van der Waals surface area contributed by atoms with Crippen LogP contribution >= 0.6 is 0 Å². The molecule has 0 radical (unpaired) electrons. The third kappa shape index (κ3) is 2.58. The van der Waals surface area contributed by atoms with Crippen LogP contribution in [0, 0.1) is 6.85 Å². The van der Waals surface area contributed by atoms with Crippen molar-refractivity contribution in [2.75, 3.05) is 0 Å². The molecule has 0 aliphatic heterocycles. The fraction of sp³-hybridized carbons (Fsp3) is 0.0526. The van der Waals surface area contributed by atoms with Crippen molar-refractivity contribution in [3.8, 4) is 22.3 Å². The van der Waals surface area contributed by atoms with Gasteiger partial charge in [-0.05, 0) is 40.7 Å². The minimum Gasteiger partial charge on any atom is -0.0622 e. The fourth-order valence-corrected chi connectivity index (χ4v) is 2.06. The summed E-state index contributed by atoms with van der Waals surface area (Å²) in [5.74, 6) is 0. The summed E-state index contributed by atoms with van der Waals surface area (Å²) in [7, 11) is 0. The molecule has 3 aromatic carbocycles. The molecule has 0 saturated heterocycles. The predicted octanol–water partition coefficient (Wildman–Crippen LogP) is 5.33. The van der Waals surface area contributed by atoms with E-state index < -0.39 is 6.85 Å². The van der Waals surface area contributed by atoms with E-state index in [2.05, 4.69) is 0 Å². The number of hydrogen-bond donors (Lipinski definition) is 0. The highest BCUT2D eigenvalue weighted by Crippen LogP contribution is 2.27. The first-order valence-electron chi connectivity index (χ1n) is 8.65. The lowest BCUT2D eigenvalue weighted by Gasteiger charge is -2.08. The summed E-state index contributed by atoms with van der Waals surface area (Å²) < 4.78 is 40.0. The minimum absolute atomic E-state index is 0.106. The van der Waals surface area contributed by atoms with Gasteiger partial charge in [-0.2, -0.15) is 0 Å². The minimum atomic E-state index is -2.51. The summed E-state index contributed by atoms with van der Waals surface area (Å²) in [5.41, 5.74) is 2.38. The Bertz CT molecular complexity index is 789. The van der Waals surface area contributed by atoms with E-state index in [1.807, 2.05) is 60.7 Å². The van der Waals surface area contributed by atoms with Gasteiger partial charge in [0.25, 0.3) is 0 Å². The van der Waals surface area contributed by atoms with Gasteiger partial charge in [0.2, 0.25) is 0 Å². The van der Waals surface area contributed by atoms with Crippen LogP contribution in [0.15, 0.2) is 78.8 Å². The quantitative estimate of drug-likeness (QED) is 0.576. The lowest BCUT2D eigenvalue weighted by Crippen LogP contribution is -1.84. The van der Waals surface area contributed by atoms with Gasteiger partial charge in [-0.1, -0.05) is 72.7 Å². The van der Waals surface area contributed by atoms with Crippen LogP contribution in [0.25, 0.3) is 22.3 Å². The molecule has 92 valence electrons. The Hall–Kier alpha value is -2.34. The molecule has 0 saturated carbocycles. The molecule has 0 aliphatic carbocycles. The van der Waals surface area contributed by atoms with E-state index >= 15 is 0 Å². The van der Waals surface area contributed by atoms with Crippen molar-refractivity contribution in [1.29, 1.82) is 0 Å². The van der Waals surface area contributed by atoms with E-state index in [4.69, 9.17) is 6.85 Å². The zero-order valence-corrected chi connectivity index (χ0v) is 10.4. The van der Waals surface area contributed by atoms with Crippen LogP contribution in [0.4, 0.5) is 0 Å². The van der Waals surface area contributed by atoms with Gasteiger partial charge in [-0.3, -0.25) is 0 Å². The Labute approximate surface area is 121 Å². The first-order chi connectivity index (χ1) is 11.4. The molecule has 0 heterocycles. The zero-order valence-electron chi connectivity index (χ0n) is 15.4. The molecule has 0 bridgehead atoms. The summed E-state index contributed by atoms with van der Waals surface area (Å²) >= 11 is 0. The molecular weight excluding hydrogens is 228 g/mol. The van der Waals surface area contributed by atoms with Crippen LogP contribution in [0.3, 0.4) is 0 Å². The fourth-order valence-electron chi connectivity index (χ4n) is 2.06. The average molecular weight is 249 g/mol. The first kappa shape index (κ1) is 7.30. The van der Waals surface area contributed by atoms with Crippen molar-refractivity contribution in [3.63, 3.8) is 0 Å². The maximum Gasteiger partial charge on any atom is 0.0632 e. The Morgan fingerprint density at radius 2 is 1.16 bits per heavy atom. The van der Waals surface area contributed by atoms with Gasteiger partial charge in [-0.25, -0.2) is 0 Å². The SMILES string of the molecule is [2H]c1c(-c2ccccc2)cc(-c2ccccc2)c([2H])c1C([2H])([2H])[2H]. The molecule has 0 spiro atoms. The molecule has 0 atom stereocenters. The van der Waals surface area contributed by atoms with Crippen LogP contribution in [-0.4, -0.2) is 0 Å². The monoisotopic (exact) mass is 249 g/mol. The van der Waals surface area contributed by atoms with E-state index in [1.165, 1.54) is 0 Å². The van der Waals surface area contributed by atoms with Gasteiger partial charge in [0.05, 0.1) is 2.74 Å². The second-order valence-corrected chi connectivity index (χ2v) is 4.33. The maximum absolute atomic E-state index is 8.36. The third-order valence-electron chi connectivity index (χ3n) is 2.98. The van der Waals surface area contributed by atoms with Crippen LogP contribution in [0.2, 0.25) is 0 Å². The Balaban J connectivity index is 2.36. The summed E-state index contributed by atoms with van der Waals surface area (Å²) in [5, 5.41) is 0. The van der Waals surface area contributed by atoms with Crippen molar-refractivity contribution in [3.05, 3.63) is 84.4 Å². The molecule has 0 aromatic heterocycles. The van der Waals surface area contributed by atoms with Crippen molar-refractivity contribution >= 4 is 0 Å². The molecular formula is C19H16. The molecule has 0 N–H and O–H groups in total. The first-order valence-corrected chi connectivity index (χ1v) is 6.15. The standard InChI is InChI=1S/C19H16/c1-15-12-18(16-8-4-2-5-9-16)14-19(13-15)17-10-6-3-7-11-17/h2-14H,1H3/i1D3,12D,13D. The van der Waals surface area contributed by atoms with E-state index in [0.717, 1.165) is 11.1 Å². The average Bonchev–Trinajstić information content (AvgIpc) is 2.55. The topological polar surface area (TPSA) is 0 Å². The molecule has 0 heteroatoms. The number of rotatable bonds is 2. The van der Waals surface area contributed by atoms with Crippen molar-refractivity contribution in [2.24, 2.45) is 0 Å². The third-order valence-corrected chi connectivity index (χ3v) is 2.98. The number of benzene rings is 3. The van der Waals surface area contributed by atoms with E-state index in [9.17, 15) is 0 Å². The summed E-state index contributed by atoms with van der Waals surface area (Å²) in [6, 6.07) is 20.0.